The van der Waals surface area contributed by atoms with Crippen molar-refractivity contribution in [1.29, 1.82) is 0 Å². The molecule has 0 fully saturated rings. The minimum Gasteiger partial charge on any atom is -0.370 e. The Balaban J connectivity index is 2.07. The number of nitrogens with zero attached hydrogens (tertiary/aromatic N) is 2. The standard InChI is InChI=1S/C15H25N3S/c1-4-8-16-15-12-6-5-7-13(12)17-14(18-15)10-19-9-11(2)3/h11H,4-10H2,1-3H3,(H,16,17,18). The number of fused-ring (bicyclic) bond motifs is 1. The lowest BCUT2D eigenvalue weighted by molar-refractivity contribution is 0.749. The number of hydrogen-bond donors (Lipinski definition) is 1. The van der Waals surface area contributed by atoms with E-state index in [1.165, 1.54) is 23.4 Å². The van der Waals surface area contributed by atoms with Gasteiger partial charge >= 0.3 is 0 Å². The second-order valence-corrected chi connectivity index (χ2v) is 6.63. The SMILES string of the molecule is CCCNc1nc(CSCC(C)C)nc2c1CCC2. The van der Waals surface area contributed by atoms with Gasteiger partial charge in [0.2, 0.25) is 0 Å². The van der Waals surface area contributed by atoms with E-state index >= 15 is 0 Å². The van der Waals surface area contributed by atoms with E-state index in [4.69, 9.17) is 9.97 Å². The Morgan fingerprint density at radius 1 is 1.26 bits per heavy atom. The highest BCUT2D eigenvalue weighted by Crippen LogP contribution is 2.27. The van der Waals surface area contributed by atoms with Gasteiger partial charge in [-0.2, -0.15) is 11.8 Å². The largest absolute Gasteiger partial charge is 0.370 e. The number of thioether (sulfide) groups is 1. The molecule has 1 aliphatic rings. The van der Waals surface area contributed by atoms with Crippen molar-refractivity contribution in [3.63, 3.8) is 0 Å². The van der Waals surface area contributed by atoms with E-state index in [0.29, 0.717) is 0 Å². The molecule has 0 saturated carbocycles. The van der Waals surface area contributed by atoms with Crippen molar-refractivity contribution in [1.82, 2.24) is 9.97 Å². The maximum absolute atomic E-state index is 4.75. The zero-order valence-corrected chi connectivity index (χ0v) is 13.1. The molecule has 0 amide bonds. The zero-order valence-electron chi connectivity index (χ0n) is 12.3. The summed E-state index contributed by atoms with van der Waals surface area (Å²) < 4.78 is 0. The number of anilines is 1. The van der Waals surface area contributed by atoms with Gasteiger partial charge in [0.25, 0.3) is 0 Å². The molecule has 0 unspecified atom stereocenters. The second kappa shape index (κ2) is 7.13. The van der Waals surface area contributed by atoms with Gasteiger partial charge in [0.05, 0.1) is 5.75 Å². The molecule has 1 aliphatic carbocycles. The fourth-order valence-corrected chi connectivity index (χ4v) is 3.22. The van der Waals surface area contributed by atoms with Crippen LogP contribution in [0.25, 0.3) is 0 Å². The first-order valence-electron chi connectivity index (χ1n) is 7.41. The Morgan fingerprint density at radius 3 is 2.84 bits per heavy atom. The van der Waals surface area contributed by atoms with Crippen LogP contribution in [0.3, 0.4) is 0 Å². The summed E-state index contributed by atoms with van der Waals surface area (Å²) in [5, 5.41) is 3.47. The summed E-state index contributed by atoms with van der Waals surface area (Å²) in [7, 11) is 0. The van der Waals surface area contributed by atoms with Crippen LogP contribution in [0.5, 0.6) is 0 Å². The molecule has 1 aromatic heterocycles. The highest BCUT2D eigenvalue weighted by Gasteiger charge is 2.18. The summed E-state index contributed by atoms with van der Waals surface area (Å²) in [5.41, 5.74) is 2.65. The summed E-state index contributed by atoms with van der Waals surface area (Å²) in [6.45, 7) is 7.70. The minimum absolute atomic E-state index is 0.733. The van der Waals surface area contributed by atoms with Gasteiger partial charge in [-0.05, 0) is 37.4 Å². The van der Waals surface area contributed by atoms with Crippen LogP contribution < -0.4 is 5.32 Å². The first-order chi connectivity index (χ1) is 9.20. The molecular weight excluding hydrogens is 254 g/mol. The zero-order chi connectivity index (χ0) is 13.7. The van der Waals surface area contributed by atoms with Crippen LogP contribution >= 0.6 is 11.8 Å². The van der Waals surface area contributed by atoms with E-state index in [0.717, 1.165) is 49.1 Å². The molecule has 0 aromatic carbocycles. The highest BCUT2D eigenvalue weighted by molar-refractivity contribution is 7.98. The van der Waals surface area contributed by atoms with Crippen molar-refractivity contribution in [3.05, 3.63) is 17.1 Å². The molecule has 0 saturated heterocycles. The summed E-state index contributed by atoms with van der Waals surface area (Å²) in [6.07, 6.45) is 4.63. The average Bonchev–Trinajstić information content (AvgIpc) is 2.83. The van der Waals surface area contributed by atoms with Crippen LogP contribution in [0.1, 0.15) is 50.7 Å². The Bertz CT molecular complexity index is 418. The molecule has 0 aliphatic heterocycles. The lowest BCUT2D eigenvalue weighted by Crippen LogP contribution is -2.09. The molecule has 4 heteroatoms. The summed E-state index contributed by atoms with van der Waals surface area (Å²) in [4.78, 5) is 9.48. The van der Waals surface area contributed by atoms with Gasteiger partial charge in [0.15, 0.2) is 0 Å². The van der Waals surface area contributed by atoms with Crippen molar-refractivity contribution in [2.75, 3.05) is 17.6 Å². The van der Waals surface area contributed by atoms with Crippen molar-refractivity contribution in [2.45, 2.75) is 52.2 Å². The Morgan fingerprint density at radius 2 is 2.11 bits per heavy atom. The maximum Gasteiger partial charge on any atom is 0.140 e. The van der Waals surface area contributed by atoms with Crippen molar-refractivity contribution < 1.29 is 0 Å². The second-order valence-electron chi connectivity index (χ2n) is 5.60. The van der Waals surface area contributed by atoms with Crippen LogP contribution in [-0.4, -0.2) is 22.3 Å². The Hall–Kier alpha value is -0.770. The van der Waals surface area contributed by atoms with Gasteiger partial charge in [-0.25, -0.2) is 9.97 Å². The van der Waals surface area contributed by atoms with E-state index in [1.807, 2.05) is 11.8 Å². The number of hydrogen-bond acceptors (Lipinski definition) is 4. The fraction of sp³-hybridized carbons (Fsp3) is 0.733. The molecule has 106 valence electrons. The smallest absolute Gasteiger partial charge is 0.140 e. The molecule has 0 radical (unpaired) electrons. The van der Waals surface area contributed by atoms with Gasteiger partial charge in [0, 0.05) is 17.8 Å². The number of nitrogens with one attached hydrogen (secondary N) is 1. The normalized spacial score (nSPS) is 13.9. The van der Waals surface area contributed by atoms with Crippen molar-refractivity contribution >= 4 is 17.6 Å². The van der Waals surface area contributed by atoms with Crippen molar-refractivity contribution in [3.8, 4) is 0 Å². The molecule has 19 heavy (non-hydrogen) atoms. The van der Waals surface area contributed by atoms with E-state index in [9.17, 15) is 0 Å². The van der Waals surface area contributed by atoms with Crippen molar-refractivity contribution in [2.24, 2.45) is 5.92 Å². The molecule has 1 aromatic rings. The third-order valence-electron chi connectivity index (χ3n) is 3.20. The molecular formula is C15H25N3S. The lowest BCUT2D eigenvalue weighted by atomic mass is 10.2. The molecule has 3 nitrogen and oxygen atoms in total. The van der Waals surface area contributed by atoms with Crippen LogP contribution in [-0.2, 0) is 18.6 Å². The van der Waals surface area contributed by atoms with Gasteiger partial charge in [-0.15, -0.1) is 0 Å². The first-order valence-corrected chi connectivity index (χ1v) is 8.56. The number of aromatic nitrogens is 2. The Labute approximate surface area is 121 Å². The lowest BCUT2D eigenvalue weighted by Gasteiger charge is -2.12. The van der Waals surface area contributed by atoms with Crippen LogP contribution in [0.4, 0.5) is 5.82 Å². The predicted molar refractivity (Wildman–Crippen MR) is 83.8 cm³/mol. The van der Waals surface area contributed by atoms with E-state index in [1.54, 1.807) is 0 Å². The summed E-state index contributed by atoms with van der Waals surface area (Å²) in [6, 6.07) is 0. The van der Waals surface area contributed by atoms with Gasteiger partial charge < -0.3 is 5.32 Å². The third kappa shape index (κ3) is 4.10. The van der Waals surface area contributed by atoms with Gasteiger partial charge in [0.1, 0.15) is 11.6 Å². The Kier molecular flexibility index (Phi) is 5.49. The first kappa shape index (κ1) is 14.6. The van der Waals surface area contributed by atoms with E-state index < -0.39 is 0 Å². The van der Waals surface area contributed by atoms with Crippen LogP contribution in [0, 0.1) is 5.92 Å². The molecule has 0 atom stereocenters. The quantitative estimate of drug-likeness (QED) is 0.826. The maximum atomic E-state index is 4.75. The number of rotatable bonds is 7. The third-order valence-corrected chi connectivity index (χ3v) is 4.57. The molecule has 2 rings (SSSR count). The average molecular weight is 279 g/mol. The molecule has 1 N–H and O–H groups in total. The summed E-state index contributed by atoms with van der Waals surface area (Å²) in [5.74, 6) is 4.95. The van der Waals surface area contributed by atoms with Crippen LogP contribution in [0.2, 0.25) is 0 Å². The van der Waals surface area contributed by atoms with Gasteiger partial charge in [-0.3, -0.25) is 0 Å². The predicted octanol–water partition coefficient (Wildman–Crippen LogP) is 3.68. The molecule has 0 bridgehead atoms. The minimum atomic E-state index is 0.733. The topological polar surface area (TPSA) is 37.8 Å². The summed E-state index contributed by atoms with van der Waals surface area (Å²) >= 11 is 1.94. The van der Waals surface area contributed by atoms with Crippen LogP contribution in [0.15, 0.2) is 0 Å². The van der Waals surface area contributed by atoms with Gasteiger partial charge in [-0.1, -0.05) is 20.8 Å². The monoisotopic (exact) mass is 279 g/mol. The van der Waals surface area contributed by atoms with E-state index in [2.05, 4.69) is 26.1 Å². The molecule has 1 heterocycles. The number of aryl methyl sites for hydroxylation is 1. The molecule has 0 spiro atoms. The fourth-order valence-electron chi connectivity index (χ4n) is 2.32. The highest BCUT2D eigenvalue weighted by atomic mass is 32.2. The van der Waals surface area contributed by atoms with E-state index in [-0.39, 0.29) is 0 Å².